The molecular formula is C25H27N3O6S. The highest BCUT2D eigenvalue weighted by atomic mass is 32.1. The number of amides is 3. The minimum absolute atomic E-state index is 0.0151. The van der Waals surface area contributed by atoms with Crippen LogP contribution < -0.4 is 16.0 Å². The Morgan fingerprint density at radius 2 is 1.80 bits per heavy atom. The van der Waals surface area contributed by atoms with E-state index in [-0.39, 0.29) is 41.9 Å². The first-order chi connectivity index (χ1) is 16.8. The van der Waals surface area contributed by atoms with Crippen molar-refractivity contribution in [3.63, 3.8) is 0 Å². The smallest absolute Gasteiger partial charge is 0.341 e. The number of thiophene rings is 1. The number of esters is 2. The fourth-order valence-corrected chi connectivity index (χ4v) is 4.86. The quantitative estimate of drug-likeness (QED) is 0.478. The number of urea groups is 1. The summed E-state index contributed by atoms with van der Waals surface area (Å²) in [5.41, 5.74) is 1.97. The molecular weight excluding hydrogens is 470 g/mol. The van der Waals surface area contributed by atoms with Crippen molar-refractivity contribution in [1.82, 2.24) is 10.6 Å². The number of carbonyl (C=O) groups is 4. The van der Waals surface area contributed by atoms with Crippen LogP contribution in [0.1, 0.15) is 52.2 Å². The minimum atomic E-state index is -0.767. The van der Waals surface area contributed by atoms with Crippen molar-refractivity contribution in [2.45, 2.75) is 39.7 Å². The first-order valence-corrected chi connectivity index (χ1v) is 12.2. The Labute approximate surface area is 206 Å². The maximum absolute atomic E-state index is 13.1. The summed E-state index contributed by atoms with van der Waals surface area (Å²) in [7, 11) is 0. The standard InChI is InChI=1S/C25H27N3O6S/c1-4-33-24(31)19-17(26-25(32)27-20(19)15-8-6-5-7-9-15)12-34-23(30)18-13(2)14(3)35-22(18)28-21(29)16-10-11-16/h5-9,16,20H,4,10-12H2,1-3H3,(H,28,29)(H2,26,27,32). The van der Waals surface area contributed by atoms with Gasteiger partial charge in [0, 0.05) is 10.8 Å². The third-order valence-electron chi connectivity index (χ3n) is 5.90. The molecule has 3 amide bonds. The zero-order valence-electron chi connectivity index (χ0n) is 19.7. The number of carbonyl (C=O) groups excluding carboxylic acids is 4. The van der Waals surface area contributed by atoms with Crippen molar-refractivity contribution in [2.24, 2.45) is 5.92 Å². The van der Waals surface area contributed by atoms with Gasteiger partial charge in [-0.15, -0.1) is 11.3 Å². The van der Waals surface area contributed by atoms with Crippen LogP contribution in [0.2, 0.25) is 0 Å². The number of anilines is 1. The molecule has 1 fully saturated rings. The van der Waals surface area contributed by atoms with Gasteiger partial charge < -0.3 is 25.4 Å². The molecule has 4 rings (SSSR count). The predicted octanol–water partition coefficient (Wildman–Crippen LogP) is 3.74. The van der Waals surface area contributed by atoms with Gasteiger partial charge in [0.2, 0.25) is 5.91 Å². The molecule has 184 valence electrons. The second-order valence-corrected chi connectivity index (χ2v) is 9.61. The summed E-state index contributed by atoms with van der Waals surface area (Å²) in [5.74, 6) is -1.40. The predicted molar refractivity (Wildman–Crippen MR) is 130 cm³/mol. The second kappa shape index (κ2) is 10.3. The molecule has 1 unspecified atom stereocenters. The lowest BCUT2D eigenvalue weighted by atomic mass is 9.95. The molecule has 10 heteroatoms. The number of rotatable bonds is 8. The molecule has 1 aromatic heterocycles. The van der Waals surface area contributed by atoms with Gasteiger partial charge in [-0.25, -0.2) is 14.4 Å². The van der Waals surface area contributed by atoms with E-state index in [9.17, 15) is 19.2 Å². The van der Waals surface area contributed by atoms with E-state index >= 15 is 0 Å². The van der Waals surface area contributed by atoms with Crippen LogP contribution in [0.25, 0.3) is 0 Å². The maximum Gasteiger partial charge on any atom is 0.341 e. The average Bonchev–Trinajstić information content (AvgIpc) is 3.64. The molecule has 1 atom stereocenters. The van der Waals surface area contributed by atoms with Gasteiger partial charge in [-0.1, -0.05) is 30.3 Å². The Morgan fingerprint density at radius 3 is 2.46 bits per heavy atom. The average molecular weight is 498 g/mol. The molecule has 35 heavy (non-hydrogen) atoms. The van der Waals surface area contributed by atoms with Gasteiger partial charge >= 0.3 is 18.0 Å². The SMILES string of the molecule is CCOC(=O)C1=C(COC(=O)c2c(NC(=O)C3CC3)sc(C)c2C)NC(=O)NC1c1ccccc1. The van der Waals surface area contributed by atoms with E-state index in [0.717, 1.165) is 17.7 Å². The van der Waals surface area contributed by atoms with E-state index in [4.69, 9.17) is 9.47 Å². The lowest BCUT2D eigenvalue weighted by Crippen LogP contribution is -2.47. The molecule has 0 saturated heterocycles. The summed E-state index contributed by atoms with van der Waals surface area (Å²) in [5, 5.41) is 8.61. The molecule has 0 radical (unpaired) electrons. The number of hydrogen-bond acceptors (Lipinski definition) is 7. The number of ether oxygens (including phenoxy) is 2. The van der Waals surface area contributed by atoms with Crippen molar-refractivity contribution in [3.05, 3.63) is 63.2 Å². The minimum Gasteiger partial charge on any atom is -0.463 e. The van der Waals surface area contributed by atoms with Crippen LogP contribution in [0.5, 0.6) is 0 Å². The Morgan fingerprint density at radius 1 is 1.09 bits per heavy atom. The summed E-state index contributed by atoms with van der Waals surface area (Å²) in [4.78, 5) is 51.5. The Kier molecular flexibility index (Phi) is 7.20. The molecule has 0 bridgehead atoms. The van der Waals surface area contributed by atoms with Crippen LogP contribution in [-0.4, -0.2) is 37.1 Å². The number of hydrogen-bond donors (Lipinski definition) is 3. The molecule has 1 aliphatic carbocycles. The molecule has 3 N–H and O–H groups in total. The topological polar surface area (TPSA) is 123 Å². The van der Waals surface area contributed by atoms with Crippen molar-refractivity contribution in [2.75, 3.05) is 18.5 Å². The van der Waals surface area contributed by atoms with E-state index in [1.54, 1.807) is 38.1 Å². The van der Waals surface area contributed by atoms with E-state index in [1.165, 1.54) is 11.3 Å². The molecule has 0 spiro atoms. The van der Waals surface area contributed by atoms with Crippen LogP contribution in [-0.2, 0) is 19.1 Å². The Bertz CT molecular complexity index is 1200. The largest absolute Gasteiger partial charge is 0.463 e. The van der Waals surface area contributed by atoms with Crippen LogP contribution >= 0.6 is 11.3 Å². The van der Waals surface area contributed by atoms with Crippen LogP contribution in [0, 0.1) is 19.8 Å². The molecule has 2 aromatic rings. The van der Waals surface area contributed by atoms with Crippen LogP contribution in [0.3, 0.4) is 0 Å². The van der Waals surface area contributed by atoms with Gasteiger partial charge in [0.05, 0.1) is 29.5 Å². The van der Waals surface area contributed by atoms with Gasteiger partial charge in [-0.3, -0.25) is 4.79 Å². The summed E-state index contributed by atoms with van der Waals surface area (Å²) in [6.07, 6.45) is 1.69. The lowest BCUT2D eigenvalue weighted by Gasteiger charge is -2.29. The van der Waals surface area contributed by atoms with Crippen molar-refractivity contribution < 1.29 is 28.7 Å². The molecule has 1 saturated carbocycles. The summed E-state index contributed by atoms with van der Waals surface area (Å²) < 4.78 is 10.8. The summed E-state index contributed by atoms with van der Waals surface area (Å²) in [6.45, 7) is 5.12. The van der Waals surface area contributed by atoms with E-state index < -0.39 is 24.0 Å². The molecule has 9 nitrogen and oxygen atoms in total. The number of nitrogens with one attached hydrogen (secondary N) is 3. The van der Waals surface area contributed by atoms with Gasteiger partial charge in [-0.2, -0.15) is 0 Å². The third kappa shape index (κ3) is 5.37. The van der Waals surface area contributed by atoms with Gasteiger partial charge in [0.1, 0.15) is 11.6 Å². The monoisotopic (exact) mass is 497 g/mol. The third-order valence-corrected chi connectivity index (χ3v) is 7.03. The van der Waals surface area contributed by atoms with Gasteiger partial charge in [0.25, 0.3) is 0 Å². The van der Waals surface area contributed by atoms with E-state index in [2.05, 4.69) is 16.0 Å². The highest BCUT2D eigenvalue weighted by Gasteiger charge is 2.35. The lowest BCUT2D eigenvalue weighted by molar-refractivity contribution is -0.139. The first-order valence-electron chi connectivity index (χ1n) is 11.4. The highest BCUT2D eigenvalue weighted by molar-refractivity contribution is 7.16. The maximum atomic E-state index is 13.1. The van der Waals surface area contributed by atoms with E-state index in [0.29, 0.717) is 16.1 Å². The second-order valence-electron chi connectivity index (χ2n) is 8.38. The fraction of sp³-hybridized carbons (Fsp3) is 0.360. The molecule has 1 aromatic carbocycles. The Hall–Kier alpha value is -3.66. The highest BCUT2D eigenvalue weighted by Crippen LogP contribution is 2.36. The van der Waals surface area contributed by atoms with Crippen molar-refractivity contribution >= 4 is 40.2 Å². The molecule has 1 aliphatic heterocycles. The first kappa shape index (κ1) is 24.5. The summed E-state index contributed by atoms with van der Waals surface area (Å²) in [6, 6.07) is 7.69. The zero-order valence-corrected chi connectivity index (χ0v) is 20.5. The molecule has 2 heterocycles. The Balaban J connectivity index is 1.61. The van der Waals surface area contributed by atoms with Gasteiger partial charge in [0.15, 0.2) is 0 Å². The van der Waals surface area contributed by atoms with E-state index in [1.807, 2.05) is 13.0 Å². The van der Waals surface area contributed by atoms with Crippen LogP contribution in [0.15, 0.2) is 41.6 Å². The normalized spacial score (nSPS) is 17.3. The van der Waals surface area contributed by atoms with Gasteiger partial charge in [-0.05, 0) is 44.7 Å². The number of benzene rings is 1. The van der Waals surface area contributed by atoms with Crippen molar-refractivity contribution in [1.29, 1.82) is 0 Å². The fourth-order valence-electron chi connectivity index (χ4n) is 3.81. The molecule has 2 aliphatic rings. The number of aryl methyl sites for hydroxylation is 1. The van der Waals surface area contributed by atoms with Crippen LogP contribution in [0.4, 0.5) is 9.80 Å². The van der Waals surface area contributed by atoms with Crippen molar-refractivity contribution in [3.8, 4) is 0 Å². The zero-order chi connectivity index (χ0) is 25.1. The summed E-state index contributed by atoms with van der Waals surface area (Å²) >= 11 is 1.32.